The lowest BCUT2D eigenvalue weighted by atomic mass is 9.83. The molecule has 4 heteroatoms. The van der Waals surface area contributed by atoms with Crippen molar-refractivity contribution < 1.29 is 9.53 Å². The van der Waals surface area contributed by atoms with Crippen molar-refractivity contribution in [2.24, 2.45) is 5.92 Å². The van der Waals surface area contributed by atoms with Crippen LogP contribution >= 0.6 is 0 Å². The molecule has 3 aliphatic rings. The SMILES string of the molecule is O=C(CCc1ccc2c(c1)CCO2)NC[C@H]1CCCN2CCCC[C@@H]12. The van der Waals surface area contributed by atoms with Gasteiger partial charge in [0, 0.05) is 25.4 Å². The number of benzene rings is 1. The molecule has 136 valence electrons. The van der Waals surface area contributed by atoms with Crippen LogP contribution in [0.15, 0.2) is 18.2 Å². The van der Waals surface area contributed by atoms with Crippen molar-refractivity contribution in [3.8, 4) is 5.75 Å². The van der Waals surface area contributed by atoms with Gasteiger partial charge in [0.1, 0.15) is 5.75 Å². The van der Waals surface area contributed by atoms with Gasteiger partial charge in [-0.2, -0.15) is 0 Å². The van der Waals surface area contributed by atoms with Crippen molar-refractivity contribution in [1.82, 2.24) is 10.2 Å². The Morgan fingerprint density at radius 3 is 3.08 bits per heavy atom. The molecule has 3 aliphatic heterocycles. The molecule has 0 aliphatic carbocycles. The van der Waals surface area contributed by atoms with E-state index in [0.717, 1.165) is 31.7 Å². The molecule has 0 bridgehead atoms. The Hall–Kier alpha value is -1.55. The zero-order valence-corrected chi connectivity index (χ0v) is 15.1. The normalized spacial score (nSPS) is 25.8. The number of hydrogen-bond acceptors (Lipinski definition) is 3. The molecule has 1 aromatic rings. The van der Waals surface area contributed by atoms with Crippen LogP contribution in [0.1, 0.15) is 49.7 Å². The van der Waals surface area contributed by atoms with E-state index in [0.29, 0.717) is 18.4 Å². The maximum atomic E-state index is 12.3. The number of hydrogen-bond donors (Lipinski definition) is 1. The van der Waals surface area contributed by atoms with E-state index in [1.165, 1.54) is 56.3 Å². The fourth-order valence-electron chi connectivity index (χ4n) is 4.80. The van der Waals surface area contributed by atoms with Gasteiger partial charge in [-0.25, -0.2) is 0 Å². The molecule has 0 aromatic heterocycles. The van der Waals surface area contributed by atoms with Crippen LogP contribution in [0.3, 0.4) is 0 Å². The van der Waals surface area contributed by atoms with E-state index in [2.05, 4.69) is 28.4 Å². The molecule has 0 spiro atoms. The van der Waals surface area contributed by atoms with Crippen LogP contribution in [0.25, 0.3) is 0 Å². The average molecular weight is 342 g/mol. The Kier molecular flexibility index (Phi) is 5.25. The standard InChI is InChI=1S/C21H30N2O2/c24-21(9-7-16-6-8-20-17(14-16)10-13-25-20)22-15-18-4-3-12-23-11-2-1-5-19(18)23/h6,8,14,18-19H,1-5,7,9-13,15H2,(H,22,24)/t18-,19+/m1/s1. The van der Waals surface area contributed by atoms with Gasteiger partial charge in [0.2, 0.25) is 5.91 Å². The summed E-state index contributed by atoms with van der Waals surface area (Å²) in [5, 5.41) is 3.22. The first-order valence-electron chi connectivity index (χ1n) is 10.0. The van der Waals surface area contributed by atoms with Crippen molar-refractivity contribution in [2.45, 2.75) is 57.4 Å². The molecule has 2 atom stereocenters. The van der Waals surface area contributed by atoms with Gasteiger partial charge >= 0.3 is 0 Å². The molecule has 1 amide bonds. The molecule has 4 nitrogen and oxygen atoms in total. The second kappa shape index (κ2) is 7.77. The summed E-state index contributed by atoms with van der Waals surface area (Å²) < 4.78 is 5.54. The van der Waals surface area contributed by atoms with Crippen LogP contribution in [0.2, 0.25) is 0 Å². The highest BCUT2D eigenvalue weighted by atomic mass is 16.5. The number of rotatable bonds is 5. The van der Waals surface area contributed by atoms with Gasteiger partial charge in [-0.1, -0.05) is 18.6 Å². The summed E-state index contributed by atoms with van der Waals surface area (Å²) in [7, 11) is 0. The number of carbonyl (C=O) groups excluding carboxylic acids is 1. The average Bonchev–Trinajstić information content (AvgIpc) is 3.12. The minimum atomic E-state index is 0.199. The summed E-state index contributed by atoms with van der Waals surface area (Å²) in [5.41, 5.74) is 2.54. The minimum absolute atomic E-state index is 0.199. The Balaban J connectivity index is 1.23. The van der Waals surface area contributed by atoms with Crippen LogP contribution < -0.4 is 10.1 Å². The topological polar surface area (TPSA) is 41.6 Å². The summed E-state index contributed by atoms with van der Waals surface area (Å²) in [4.78, 5) is 15.0. The number of aryl methyl sites for hydroxylation is 1. The summed E-state index contributed by atoms with van der Waals surface area (Å²) in [5.74, 6) is 1.86. The summed E-state index contributed by atoms with van der Waals surface area (Å²) in [6, 6.07) is 7.06. The maximum absolute atomic E-state index is 12.3. The van der Waals surface area contributed by atoms with Crippen molar-refractivity contribution in [3.05, 3.63) is 29.3 Å². The summed E-state index contributed by atoms with van der Waals surface area (Å²) in [6.45, 7) is 4.17. The van der Waals surface area contributed by atoms with Crippen molar-refractivity contribution >= 4 is 5.91 Å². The third kappa shape index (κ3) is 4.00. The second-order valence-corrected chi connectivity index (χ2v) is 7.85. The van der Waals surface area contributed by atoms with E-state index < -0.39 is 0 Å². The highest BCUT2D eigenvalue weighted by molar-refractivity contribution is 5.76. The van der Waals surface area contributed by atoms with Gasteiger partial charge in [-0.15, -0.1) is 0 Å². The Morgan fingerprint density at radius 2 is 2.12 bits per heavy atom. The lowest BCUT2D eigenvalue weighted by molar-refractivity contribution is -0.121. The Labute approximate surface area is 150 Å². The van der Waals surface area contributed by atoms with Gasteiger partial charge in [-0.3, -0.25) is 4.79 Å². The minimum Gasteiger partial charge on any atom is -0.493 e. The number of amides is 1. The van der Waals surface area contributed by atoms with E-state index >= 15 is 0 Å². The third-order valence-electron chi connectivity index (χ3n) is 6.18. The van der Waals surface area contributed by atoms with Crippen molar-refractivity contribution in [2.75, 3.05) is 26.2 Å². The molecule has 3 heterocycles. The van der Waals surface area contributed by atoms with Crippen LogP contribution in [-0.4, -0.2) is 43.1 Å². The lowest BCUT2D eigenvalue weighted by Crippen LogP contribution is -2.51. The molecule has 25 heavy (non-hydrogen) atoms. The van der Waals surface area contributed by atoms with Gasteiger partial charge in [-0.05, 0) is 68.3 Å². The Morgan fingerprint density at radius 1 is 1.20 bits per heavy atom. The molecule has 0 saturated carbocycles. The third-order valence-corrected chi connectivity index (χ3v) is 6.18. The van der Waals surface area contributed by atoms with Crippen LogP contribution in [0.5, 0.6) is 5.75 Å². The van der Waals surface area contributed by atoms with E-state index in [9.17, 15) is 4.79 Å². The van der Waals surface area contributed by atoms with Gasteiger partial charge in [0.15, 0.2) is 0 Å². The molecule has 1 N–H and O–H groups in total. The first-order valence-corrected chi connectivity index (χ1v) is 10.0. The predicted molar refractivity (Wildman–Crippen MR) is 98.9 cm³/mol. The lowest BCUT2D eigenvalue weighted by Gasteiger charge is -2.44. The van der Waals surface area contributed by atoms with E-state index in [1.807, 2.05) is 0 Å². The van der Waals surface area contributed by atoms with Crippen molar-refractivity contribution in [1.29, 1.82) is 0 Å². The summed E-state index contributed by atoms with van der Waals surface area (Å²) in [6.07, 6.45) is 8.97. The molecule has 1 aromatic carbocycles. The number of fused-ring (bicyclic) bond motifs is 2. The largest absolute Gasteiger partial charge is 0.493 e. The number of nitrogens with one attached hydrogen (secondary N) is 1. The van der Waals surface area contributed by atoms with Crippen molar-refractivity contribution in [3.63, 3.8) is 0 Å². The van der Waals surface area contributed by atoms with Crippen LogP contribution in [0, 0.1) is 5.92 Å². The molecule has 0 radical (unpaired) electrons. The van der Waals surface area contributed by atoms with Gasteiger partial charge in [0.25, 0.3) is 0 Å². The smallest absolute Gasteiger partial charge is 0.220 e. The fourth-order valence-corrected chi connectivity index (χ4v) is 4.80. The molecule has 2 saturated heterocycles. The number of carbonyl (C=O) groups is 1. The molecule has 0 unspecified atom stereocenters. The van der Waals surface area contributed by atoms with E-state index in [1.54, 1.807) is 0 Å². The molecule has 4 rings (SSSR count). The number of piperidine rings is 2. The van der Waals surface area contributed by atoms with E-state index in [4.69, 9.17) is 4.74 Å². The van der Waals surface area contributed by atoms with Crippen LogP contribution in [0.4, 0.5) is 0 Å². The van der Waals surface area contributed by atoms with Gasteiger partial charge in [0.05, 0.1) is 6.61 Å². The quantitative estimate of drug-likeness (QED) is 0.894. The van der Waals surface area contributed by atoms with E-state index in [-0.39, 0.29) is 5.91 Å². The zero-order chi connectivity index (χ0) is 17.1. The Bertz CT molecular complexity index is 614. The summed E-state index contributed by atoms with van der Waals surface area (Å²) >= 11 is 0. The first-order chi connectivity index (χ1) is 12.3. The molecular weight excluding hydrogens is 312 g/mol. The number of ether oxygens (including phenoxy) is 1. The monoisotopic (exact) mass is 342 g/mol. The zero-order valence-electron chi connectivity index (χ0n) is 15.1. The predicted octanol–water partition coefficient (Wildman–Crippen LogP) is 2.93. The highest BCUT2D eigenvalue weighted by Gasteiger charge is 2.32. The second-order valence-electron chi connectivity index (χ2n) is 7.85. The van der Waals surface area contributed by atoms with Crippen LogP contribution in [-0.2, 0) is 17.6 Å². The maximum Gasteiger partial charge on any atom is 0.220 e. The first kappa shape index (κ1) is 16.9. The van der Waals surface area contributed by atoms with Gasteiger partial charge < -0.3 is 15.0 Å². The molecule has 2 fully saturated rings. The molecular formula is C21H30N2O2. The fraction of sp³-hybridized carbons (Fsp3) is 0.667. The number of nitrogens with zero attached hydrogens (tertiary/aromatic N) is 1. The highest BCUT2D eigenvalue weighted by Crippen LogP contribution is 2.30.